The molecule has 1 aromatic heterocycles. The number of carbonyl (C=O) groups is 1. The van der Waals surface area contributed by atoms with Gasteiger partial charge < -0.3 is 19.6 Å². The normalized spacial score (nSPS) is 10.7. The fourth-order valence-electron chi connectivity index (χ4n) is 2.64. The van der Waals surface area contributed by atoms with Gasteiger partial charge in [0.15, 0.2) is 0 Å². The van der Waals surface area contributed by atoms with Crippen LogP contribution >= 0.6 is 0 Å². The van der Waals surface area contributed by atoms with Gasteiger partial charge in [-0.2, -0.15) is 0 Å². The van der Waals surface area contributed by atoms with Crippen molar-refractivity contribution in [2.75, 3.05) is 13.2 Å². The number of benzene rings is 2. The van der Waals surface area contributed by atoms with E-state index in [0.717, 1.165) is 12.0 Å². The van der Waals surface area contributed by atoms with Gasteiger partial charge in [0, 0.05) is 18.0 Å². The lowest BCUT2D eigenvalue weighted by molar-refractivity contribution is 0.0950. The molecule has 3 aromatic rings. The average Bonchev–Trinajstić information content (AvgIpc) is 2.67. The molecule has 1 heterocycles. The van der Waals surface area contributed by atoms with Crippen LogP contribution in [0.4, 0.5) is 0 Å². The number of carbonyl (C=O) groups excluding carboxylic acids is 1. The summed E-state index contributed by atoms with van der Waals surface area (Å²) in [5, 5.41) is 12.6. The van der Waals surface area contributed by atoms with Crippen molar-refractivity contribution >= 4 is 16.9 Å². The monoisotopic (exact) mass is 367 g/mol. The smallest absolute Gasteiger partial charge is 0.349 e. The molecule has 0 atom stereocenters. The first-order valence-electron chi connectivity index (χ1n) is 8.83. The number of amides is 1. The van der Waals surface area contributed by atoms with E-state index >= 15 is 0 Å². The van der Waals surface area contributed by atoms with Crippen molar-refractivity contribution in [1.82, 2.24) is 5.32 Å². The van der Waals surface area contributed by atoms with E-state index in [4.69, 9.17) is 9.15 Å². The van der Waals surface area contributed by atoms with E-state index in [9.17, 15) is 14.7 Å². The largest absolute Gasteiger partial charge is 0.508 e. The molecule has 0 bridgehead atoms. The van der Waals surface area contributed by atoms with Gasteiger partial charge in [0.25, 0.3) is 5.91 Å². The van der Waals surface area contributed by atoms with Gasteiger partial charge in [-0.15, -0.1) is 0 Å². The number of hydrogen-bond acceptors (Lipinski definition) is 5. The van der Waals surface area contributed by atoms with Crippen LogP contribution in [-0.4, -0.2) is 24.2 Å². The Hall–Kier alpha value is -3.28. The summed E-state index contributed by atoms with van der Waals surface area (Å²) < 4.78 is 10.8. The first-order valence-corrected chi connectivity index (χ1v) is 8.83. The number of phenols is 1. The zero-order valence-corrected chi connectivity index (χ0v) is 15.0. The van der Waals surface area contributed by atoms with Crippen LogP contribution in [0.25, 0.3) is 11.0 Å². The summed E-state index contributed by atoms with van der Waals surface area (Å²) >= 11 is 0. The lowest BCUT2D eigenvalue weighted by atomic mass is 10.1. The number of ether oxygens (including phenoxy) is 1. The first kappa shape index (κ1) is 18.5. The minimum atomic E-state index is -0.683. The Morgan fingerprint density at radius 3 is 2.67 bits per heavy atom. The third-order valence-corrected chi connectivity index (χ3v) is 4.06. The highest BCUT2D eigenvalue weighted by atomic mass is 16.5. The number of nitrogens with one attached hydrogen (secondary N) is 1. The third kappa shape index (κ3) is 4.67. The van der Waals surface area contributed by atoms with Crippen molar-refractivity contribution in [3.05, 3.63) is 70.1 Å². The van der Waals surface area contributed by atoms with Crippen molar-refractivity contribution in [3.63, 3.8) is 0 Å². The molecule has 0 spiro atoms. The van der Waals surface area contributed by atoms with Gasteiger partial charge in [-0.25, -0.2) is 4.79 Å². The molecule has 0 aliphatic heterocycles. The molecule has 6 heteroatoms. The van der Waals surface area contributed by atoms with E-state index in [0.29, 0.717) is 36.3 Å². The van der Waals surface area contributed by atoms with Crippen molar-refractivity contribution < 1.29 is 19.1 Å². The van der Waals surface area contributed by atoms with Gasteiger partial charge in [-0.3, -0.25) is 4.79 Å². The van der Waals surface area contributed by atoms with E-state index in [-0.39, 0.29) is 11.3 Å². The molecule has 0 unspecified atom stereocenters. The summed E-state index contributed by atoms with van der Waals surface area (Å²) in [6.07, 6.45) is 1.47. The highest BCUT2D eigenvalue weighted by Crippen LogP contribution is 2.20. The minimum absolute atomic E-state index is 0.0320. The van der Waals surface area contributed by atoms with Crippen LogP contribution in [-0.2, 0) is 6.42 Å². The summed E-state index contributed by atoms with van der Waals surface area (Å²) in [5.74, 6) is 0.342. The maximum Gasteiger partial charge on any atom is 0.349 e. The second-order valence-corrected chi connectivity index (χ2v) is 6.17. The molecule has 2 aromatic carbocycles. The second-order valence-electron chi connectivity index (χ2n) is 6.17. The van der Waals surface area contributed by atoms with Gasteiger partial charge in [-0.1, -0.05) is 19.1 Å². The predicted molar refractivity (Wildman–Crippen MR) is 102 cm³/mol. The maximum absolute atomic E-state index is 12.3. The molecule has 0 fully saturated rings. The highest BCUT2D eigenvalue weighted by molar-refractivity contribution is 5.96. The zero-order valence-electron chi connectivity index (χ0n) is 15.0. The molecule has 140 valence electrons. The van der Waals surface area contributed by atoms with Crippen LogP contribution in [0.5, 0.6) is 11.5 Å². The summed E-state index contributed by atoms with van der Waals surface area (Å²) in [5.41, 5.74) is 0.639. The van der Waals surface area contributed by atoms with E-state index in [1.165, 1.54) is 6.07 Å². The average molecular weight is 367 g/mol. The van der Waals surface area contributed by atoms with Crippen LogP contribution in [0, 0.1) is 0 Å². The van der Waals surface area contributed by atoms with Gasteiger partial charge in [0.2, 0.25) is 0 Å². The van der Waals surface area contributed by atoms with E-state index in [2.05, 4.69) is 5.32 Å². The molecular weight excluding hydrogens is 346 g/mol. The van der Waals surface area contributed by atoms with Crippen molar-refractivity contribution in [1.29, 1.82) is 0 Å². The molecular formula is C21H21NO5. The highest BCUT2D eigenvalue weighted by Gasteiger charge is 2.14. The predicted octanol–water partition coefficient (Wildman–Crippen LogP) is 3.26. The summed E-state index contributed by atoms with van der Waals surface area (Å²) in [6, 6.07) is 13.5. The molecule has 0 radical (unpaired) electrons. The maximum atomic E-state index is 12.3. The molecule has 0 aliphatic carbocycles. The van der Waals surface area contributed by atoms with Crippen LogP contribution in [0.1, 0.15) is 29.3 Å². The van der Waals surface area contributed by atoms with Crippen molar-refractivity contribution in [3.8, 4) is 11.5 Å². The number of fused-ring (bicyclic) bond motifs is 1. The molecule has 2 N–H and O–H groups in total. The van der Waals surface area contributed by atoms with Crippen LogP contribution in [0.3, 0.4) is 0 Å². The topological polar surface area (TPSA) is 88.8 Å². The number of phenolic OH excluding ortho intramolecular Hbond substituents is 1. The molecule has 3 rings (SSSR count). The van der Waals surface area contributed by atoms with Crippen molar-refractivity contribution in [2.24, 2.45) is 0 Å². The lowest BCUT2D eigenvalue weighted by Gasteiger charge is -2.07. The Labute approximate surface area is 156 Å². The molecule has 0 aliphatic rings. The number of rotatable bonds is 7. The van der Waals surface area contributed by atoms with Gasteiger partial charge >= 0.3 is 5.63 Å². The second kappa shape index (κ2) is 8.40. The Balaban J connectivity index is 1.69. The minimum Gasteiger partial charge on any atom is -0.508 e. The van der Waals surface area contributed by atoms with E-state index in [1.54, 1.807) is 42.5 Å². The molecule has 0 saturated heterocycles. The summed E-state index contributed by atoms with van der Waals surface area (Å²) in [4.78, 5) is 24.5. The van der Waals surface area contributed by atoms with E-state index < -0.39 is 11.5 Å². The fourth-order valence-corrected chi connectivity index (χ4v) is 2.64. The number of hydrogen-bond donors (Lipinski definition) is 2. The Morgan fingerprint density at radius 1 is 1.15 bits per heavy atom. The van der Waals surface area contributed by atoms with Crippen molar-refractivity contribution in [2.45, 2.75) is 19.8 Å². The van der Waals surface area contributed by atoms with Gasteiger partial charge in [-0.05, 0) is 48.7 Å². The van der Waals surface area contributed by atoms with Gasteiger partial charge in [0.05, 0.1) is 6.61 Å². The Kier molecular flexibility index (Phi) is 5.76. The summed E-state index contributed by atoms with van der Waals surface area (Å²) in [6.45, 7) is 2.95. The third-order valence-electron chi connectivity index (χ3n) is 4.06. The van der Waals surface area contributed by atoms with E-state index in [1.807, 2.05) is 6.92 Å². The lowest BCUT2D eigenvalue weighted by Crippen LogP contribution is -2.29. The van der Waals surface area contributed by atoms with Crippen LogP contribution in [0.15, 0.2) is 57.7 Å². The Morgan fingerprint density at radius 2 is 1.93 bits per heavy atom. The van der Waals surface area contributed by atoms with Crippen LogP contribution in [0.2, 0.25) is 0 Å². The Bertz CT molecular complexity index is 992. The molecule has 6 nitrogen and oxygen atoms in total. The molecule has 27 heavy (non-hydrogen) atoms. The van der Waals surface area contributed by atoms with Crippen LogP contribution < -0.4 is 15.7 Å². The quantitative estimate of drug-likeness (QED) is 0.626. The zero-order chi connectivity index (χ0) is 19.2. The fraction of sp³-hybridized carbons (Fsp3) is 0.238. The standard InChI is InChI=1S/C21H21NO5/c1-2-11-26-17-8-5-15-12-18(21(25)27-19(15)13-17)20(24)22-10-9-14-3-6-16(23)7-4-14/h3-8,12-13,23H,2,9-11H2,1H3,(H,22,24). The molecule has 1 amide bonds. The summed E-state index contributed by atoms with van der Waals surface area (Å²) in [7, 11) is 0. The number of aromatic hydroxyl groups is 1. The van der Waals surface area contributed by atoms with Gasteiger partial charge in [0.1, 0.15) is 22.6 Å². The molecule has 0 saturated carbocycles. The SMILES string of the molecule is CCCOc1ccc2cc(C(=O)NCCc3ccc(O)cc3)c(=O)oc2c1. The first-order chi connectivity index (χ1) is 13.1.